The van der Waals surface area contributed by atoms with Crippen molar-refractivity contribution in [1.82, 2.24) is 4.90 Å². The highest BCUT2D eigenvalue weighted by Crippen LogP contribution is 2.32. The lowest BCUT2D eigenvalue weighted by Gasteiger charge is -2.19. The summed E-state index contributed by atoms with van der Waals surface area (Å²) >= 11 is 0. The zero-order chi connectivity index (χ0) is 16.3. The molecule has 1 atom stereocenters. The number of nitrogens with one attached hydrogen (secondary N) is 1. The molecule has 0 aliphatic heterocycles. The molecule has 1 unspecified atom stereocenters. The fraction of sp³-hybridized carbons (Fsp3) is 0.533. The zero-order valence-corrected chi connectivity index (χ0v) is 12.2. The van der Waals surface area contributed by atoms with Crippen molar-refractivity contribution in [3.8, 4) is 0 Å². The van der Waals surface area contributed by atoms with Gasteiger partial charge in [0, 0.05) is 12.2 Å². The topological polar surface area (TPSA) is 52.6 Å². The molecule has 1 aromatic carbocycles. The van der Waals surface area contributed by atoms with Crippen molar-refractivity contribution >= 4 is 11.6 Å². The molecule has 1 aliphatic rings. The third kappa shape index (κ3) is 4.99. The Labute approximate surface area is 126 Å². The maximum atomic E-state index is 12.4. The molecule has 1 fully saturated rings. The Kier molecular flexibility index (Phi) is 5.08. The van der Waals surface area contributed by atoms with Crippen LogP contribution < -0.4 is 5.32 Å². The lowest BCUT2D eigenvalue weighted by atomic mass is 10.2. The number of alkyl halides is 3. The monoisotopic (exact) mass is 316 g/mol. The second-order valence-electron chi connectivity index (χ2n) is 5.72. The van der Waals surface area contributed by atoms with Gasteiger partial charge in [-0.2, -0.15) is 13.2 Å². The first-order valence-corrected chi connectivity index (χ1v) is 7.09. The number of rotatable bonds is 6. The lowest BCUT2D eigenvalue weighted by molar-refractivity contribution is -0.137. The van der Waals surface area contributed by atoms with Crippen molar-refractivity contribution in [2.45, 2.75) is 25.1 Å². The van der Waals surface area contributed by atoms with Gasteiger partial charge in [0.05, 0.1) is 18.2 Å². The minimum absolute atomic E-state index is 0.0742. The summed E-state index contributed by atoms with van der Waals surface area (Å²) in [5, 5.41) is 12.3. The third-order valence-electron chi connectivity index (χ3n) is 3.57. The smallest absolute Gasteiger partial charge is 0.392 e. The summed E-state index contributed by atoms with van der Waals surface area (Å²) in [7, 11) is 1.72. The van der Waals surface area contributed by atoms with Gasteiger partial charge in [0.15, 0.2) is 0 Å². The van der Waals surface area contributed by atoms with Gasteiger partial charge in [-0.25, -0.2) is 0 Å². The lowest BCUT2D eigenvalue weighted by Crippen LogP contribution is -2.36. The quantitative estimate of drug-likeness (QED) is 0.847. The first-order chi connectivity index (χ1) is 10.3. The molecule has 2 rings (SSSR count). The van der Waals surface area contributed by atoms with Crippen LogP contribution in [0.3, 0.4) is 0 Å². The average Bonchev–Trinajstić information content (AvgIpc) is 3.21. The van der Waals surface area contributed by atoms with E-state index in [1.54, 1.807) is 11.9 Å². The number of carbonyl (C=O) groups excluding carboxylic acids is 1. The average molecular weight is 316 g/mol. The molecule has 4 nitrogen and oxygen atoms in total. The molecule has 0 aromatic heterocycles. The molecule has 0 saturated heterocycles. The summed E-state index contributed by atoms with van der Waals surface area (Å²) in [5.41, 5.74) is -0.440. The Morgan fingerprint density at radius 1 is 1.36 bits per heavy atom. The van der Waals surface area contributed by atoms with Crippen molar-refractivity contribution in [2.24, 2.45) is 5.92 Å². The van der Waals surface area contributed by atoms with Crippen LogP contribution in [0.4, 0.5) is 18.9 Å². The molecular weight excluding hydrogens is 297 g/mol. The first kappa shape index (κ1) is 16.8. The molecule has 1 aliphatic carbocycles. The number of aliphatic hydroxyl groups excluding tert-OH is 1. The number of anilines is 1. The molecule has 0 spiro atoms. The SMILES string of the molecule is CN(CC(=O)Nc1ccc(C(F)(F)F)cc1)CC(O)C1CC1. The van der Waals surface area contributed by atoms with Gasteiger partial charge in [0.25, 0.3) is 0 Å². The van der Waals surface area contributed by atoms with Crippen LogP contribution in [0.1, 0.15) is 18.4 Å². The number of likely N-dealkylation sites (N-methyl/N-ethyl adjacent to an activating group) is 1. The number of amides is 1. The van der Waals surface area contributed by atoms with Crippen LogP contribution in [0, 0.1) is 5.92 Å². The van der Waals surface area contributed by atoms with E-state index in [1.807, 2.05) is 0 Å². The summed E-state index contributed by atoms with van der Waals surface area (Å²) < 4.78 is 37.3. The van der Waals surface area contributed by atoms with E-state index in [0.717, 1.165) is 25.0 Å². The van der Waals surface area contributed by atoms with Gasteiger partial charge in [0.1, 0.15) is 0 Å². The molecule has 0 bridgehead atoms. The maximum absolute atomic E-state index is 12.4. The van der Waals surface area contributed by atoms with Gasteiger partial charge < -0.3 is 10.4 Å². The number of hydrogen-bond donors (Lipinski definition) is 2. The minimum Gasteiger partial charge on any atom is -0.392 e. The molecule has 7 heteroatoms. The highest BCUT2D eigenvalue weighted by atomic mass is 19.4. The van der Waals surface area contributed by atoms with Crippen LogP contribution in [0.15, 0.2) is 24.3 Å². The van der Waals surface area contributed by atoms with E-state index in [2.05, 4.69) is 5.32 Å². The van der Waals surface area contributed by atoms with Crippen LogP contribution in [0.2, 0.25) is 0 Å². The van der Waals surface area contributed by atoms with Crippen molar-refractivity contribution in [3.05, 3.63) is 29.8 Å². The largest absolute Gasteiger partial charge is 0.416 e. The number of aliphatic hydroxyl groups is 1. The van der Waals surface area contributed by atoms with Gasteiger partial charge in [-0.3, -0.25) is 9.69 Å². The summed E-state index contributed by atoms with van der Waals surface area (Å²) in [6.07, 6.45) is -2.77. The molecule has 1 amide bonds. The summed E-state index contributed by atoms with van der Waals surface area (Å²) in [6, 6.07) is 4.30. The zero-order valence-electron chi connectivity index (χ0n) is 12.2. The number of hydrogen-bond acceptors (Lipinski definition) is 3. The fourth-order valence-corrected chi connectivity index (χ4v) is 2.20. The standard InChI is InChI=1S/C15H19F3N2O2/c1-20(8-13(21)10-2-3-10)9-14(22)19-12-6-4-11(5-7-12)15(16,17)18/h4-7,10,13,21H,2-3,8-9H2,1H3,(H,19,22). The summed E-state index contributed by atoms with van der Waals surface area (Å²) in [5.74, 6) is 0.00526. The van der Waals surface area contributed by atoms with E-state index in [-0.39, 0.29) is 12.5 Å². The Bertz CT molecular complexity index is 513. The number of halogens is 3. The minimum atomic E-state index is -4.39. The predicted molar refractivity (Wildman–Crippen MR) is 76.3 cm³/mol. The Morgan fingerprint density at radius 2 is 1.95 bits per heavy atom. The van der Waals surface area contributed by atoms with Gasteiger partial charge in [-0.15, -0.1) is 0 Å². The highest BCUT2D eigenvalue weighted by Gasteiger charge is 2.31. The maximum Gasteiger partial charge on any atom is 0.416 e. The van der Waals surface area contributed by atoms with Gasteiger partial charge >= 0.3 is 6.18 Å². The highest BCUT2D eigenvalue weighted by molar-refractivity contribution is 5.92. The van der Waals surface area contributed by atoms with E-state index in [1.165, 1.54) is 12.1 Å². The molecule has 1 aromatic rings. The number of carbonyl (C=O) groups is 1. The molecule has 122 valence electrons. The van der Waals surface area contributed by atoms with E-state index >= 15 is 0 Å². The second-order valence-corrected chi connectivity index (χ2v) is 5.72. The van der Waals surface area contributed by atoms with E-state index in [9.17, 15) is 23.1 Å². The van der Waals surface area contributed by atoms with Crippen molar-refractivity contribution in [1.29, 1.82) is 0 Å². The molecule has 0 heterocycles. The number of benzene rings is 1. The van der Waals surface area contributed by atoms with E-state index in [0.29, 0.717) is 18.2 Å². The first-order valence-electron chi connectivity index (χ1n) is 7.09. The van der Waals surface area contributed by atoms with Gasteiger partial charge in [-0.1, -0.05) is 0 Å². The van der Waals surface area contributed by atoms with E-state index < -0.39 is 17.8 Å². The normalized spacial score (nSPS) is 16.6. The molecule has 22 heavy (non-hydrogen) atoms. The summed E-state index contributed by atoms with van der Waals surface area (Å²) in [6.45, 7) is 0.482. The Hall–Kier alpha value is -1.60. The van der Waals surface area contributed by atoms with Crippen LogP contribution in [-0.2, 0) is 11.0 Å². The molecule has 2 N–H and O–H groups in total. The van der Waals surface area contributed by atoms with Crippen molar-refractivity contribution < 1.29 is 23.1 Å². The predicted octanol–water partition coefficient (Wildman–Crippen LogP) is 2.35. The molecule has 1 saturated carbocycles. The second kappa shape index (κ2) is 6.66. The van der Waals surface area contributed by atoms with Crippen LogP contribution in [0.5, 0.6) is 0 Å². The van der Waals surface area contributed by atoms with Gasteiger partial charge in [0.2, 0.25) is 5.91 Å². The molecule has 0 radical (unpaired) electrons. The van der Waals surface area contributed by atoms with Crippen molar-refractivity contribution in [3.63, 3.8) is 0 Å². The van der Waals surface area contributed by atoms with E-state index in [4.69, 9.17) is 0 Å². The number of nitrogens with zero attached hydrogens (tertiary/aromatic N) is 1. The van der Waals surface area contributed by atoms with Crippen LogP contribution in [0.25, 0.3) is 0 Å². The summed E-state index contributed by atoms with van der Waals surface area (Å²) in [4.78, 5) is 13.5. The van der Waals surface area contributed by atoms with Crippen LogP contribution in [-0.4, -0.2) is 42.2 Å². The third-order valence-corrected chi connectivity index (χ3v) is 3.57. The van der Waals surface area contributed by atoms with Gasteiger partial charge in [-0.05, 0) is 50.1 Å². The Balaban J connectivity index is 1.81. The fourth-order valence-electron chi connectivity index (χ4n) is 2.20. The Morgan fingerprint density at radius 3 is 2.45 bits per heavy atom. The van der Waals surface area contributed by atoms with Crippen LogP contribution >= 0.6 is 0 Å². The molecular formula is C15H19F3N2O2. The van der Waals surface area contributed by atoms with Crippen molar-refractivity contribution in [2.75, 3.05) is 25.5 Å².